The molecular formula is C19H19NO. The number of nitrogens with two attached hydrogens (primary N) is 1. The lowest BCUT2D eigenvalue weighted by molar-refractivity contribution is 0.302. The van der Waals surface area contributed by atoms with Crippen LogP contribution in [0.3, 0.4) is 0 Å². The van der Waals surface area contributed by atoms with E-state index < -0.39 is 0 Å². The zero-order valence-electron chi connectivity index (χ0n) is 12.2. The van der Waals surface area contributed by atoms with Crippen molar-refractivity contribution in [1.82, 2.24) is 0 Å². The number of hydrogen-bond acceptors (Lipinski definition) is 2. The van der Waals surface area contributed by atoms with Crippen LogP contribution < -0.4 is 10.5 Å². The maximum Gasteiger partial charge on any atom is 0.127 e. The predicted molar refractivity (Wildman–Crippen MR) is 87.4 cm³/mol. The van der Waals surface area contributed by atoms with Crippen molar-refractivity contribution in [2.45, 2.75) is 20.1 Å². The number of ether oxygens (including phenoxy) is 1. The topological polar surface area (TPSA) is 35.2 Å². The third-order valence-corrected chi connectivity index (χ3v) is 3.77. The molecule has 3 aromatic carbocycles. The van der Waals surface area contributed by atoms with Crippen LogP contribution >= 0.6 is 0 Å². The first kappa shape index (κ1) is 13.7. The van der Waals surface area contributed by atoms with E-state index in [2.05, 4.69) is 55.5 Å². The van der Waals surface area contributed by atoms with Crippen LogP contribution in [-0.2, 0) is 13.2 Å². The van der Waals surface area contributed by atoms with Crippen LogP contribution in [-0.4, -0.2) is 0 Å². The van der Waals surface area contributed by atoms with Crippen molar-refractivity contribution < 1.29 is 4.74 Å². The third kappa shape index (κ3) is 2.76. The highest BCUT2D eigenvalue weighted by molar-refractivity contribution is 5.85. The van der Waals surface area contributed by atoms with E-state index in [1.807, 2.05) is 12.1 Å². The predicted octanol–water partition coefficient (Wildman–Crippen LogP) is 4.19. The minimum Gasteiger partial charge on any atom is -0.488 e. The second kappa shape index (κ2) is 5.98. The molecule has 0 aliphatic heterocycles. The number of aryl methyl sites for hydroxylation is 1. The van der Waals surface area contributed by atoms with Gasteiger partial charge in [0.05, 0.1) is 0 Å². The fourth-order valence-corrected chi connectivity index (χ4v) is 2.65. The third-order valence-electron chi connectivity index (χ3n) is 3.77. The van der Waals surface area contributed by atoms with Gasteiger partial charge in [-0.15, -0.1) is 0 Å². The van der Waals surface area contributed by atoms with E-state index in [1.54, 1.807) is 0 Å². The first-order valence-corrected chi connectivity index (χ1v) is 7.17. The van der Waals surface area contributed by atoms with Crippen LogP contribution in [0.15, 0.2) is 60.7 Å². The zero-order valence-corrected chi connectivity index (χ0v) is 12.2. The molecule has 0 amide bonds. The molecule has 3 rings (SSSR count). The summed E-state index contributed by atoms with van der Waals surface area (Å²) in [6.45, 7) is 3.10. The quantitative estimate of drug-likeness (QED) is 0.776. The maximum atomic E-state index is 6.07. The fraction of sp³-hybridized carbons (Fsp3) is 0.158. The number of fused-ring (bicyclic) bond motifs is 1. The summed E-state index contributed by atoms with van der Waals surface area (Å²) in [6.07, 6.45) is 0. The summed E-state index contributed by atoms with van der Waals surface area (Å²) in [4.78, 5) is 0. The molecule has 0 saturated heterocycles. The summed E-state index contributed by atoms with van der Waals surface area (Å²) in [5, 5.41) is 2.48. The molecule has 106 valence electrons. The fourth-order valence-electron chi connectivity index (χ4n) is 2.65. The maximum absolute atomic E-state index is 6.07. The Morgan fingerprint density at radius 2 is 1.57 bits per heavy atom. The van der Waals surface area contributed by atoms with Crippen molar-refractivity contribution in [3.05, 3.63) is 77.4 Å². The molecule has 0 heterocycles. The number of para-hydroxylation sites is 1. The van der Waals surface area contributed by atoms with E-state index in [9.17, 15) is 0 Å². The van der Waals surface area contributed by atoms with Crippen LogP contribution in [0.4, 0.5) is 0 Å². The molecule has 0 unspecified atom stereocenters. The summed E-state index contributed by atoms with van der Waals surface area (Å²) in [5.41, 5.74) is 9.17. The van der Waals surface area contributed by atoms with Gasteiger partial charge in [0.25, 0.3) is 0 Å². The first-order valence-electron chi connectivity index (χ1n) is 7.17. The number of benzene rings is 3. The van der Waals surface area contributed by atoms with Gasteiger partial charge in [0.1, 0.15) is 12.4 Å². The van der Waals surface area contributed by atoms with Crippen LogP contribution in [0.25, 0.3) is 10.8 Å². The Balaban J connectivity index is 1.91. The first-order chi connectivity index (χ1) is 10.3. The van der Waals surface area contributed by atoms with E-state index in [1.165, 1.54) is 16.3 Å². The SMILES string of the molecule is Cc1cccc(CN)c1OCc1cccc2ccccc12. The lowest BCUT2D eigenvalue weighted by Gasteiger charge is -2.14. The molecule has 21 heavy (non-hydrogen) atoms. The standard InChI is InChI=1S/C19H19NO/c1-14-6-4-9-16(12-20)19(14)21-13-17-10-5-8-15-7-2-3-11-18(15)17/h2-11H,12-13,20H2,1H3. The molecule has 0 fully saturated rings. The van der Waals surface area contributed by atoms with E-state index in [-0.39, 0.29) is 0 Å². The molecule has 0 aromatic heterocycles. The van der Waals surface area contributed by atoms with E-state index in [0.29, 0.717) is 13.2 Å². The minimum atomic E-state index is 0.493. The molecule has 0 bridgehead atoms. The Labute approximate surface area is 125 Å². The van der Waals surface area contributed by atoms with Crippen LogP contribution in [0.2, 0.25) is 0 Å². The second-order valence-corrected chi connectivity index (χ2v) is 5.19. The van der Waals surface area contributed by atoms with Crippen molar-refractivity contribution in [3.63, 3.8) is 0 Å². The van der Waals surface area contributed by atoms with Crippen LogP contribution in [0.1, 0.15) is 16.7 Å². The molecule has 0 atom stereocenters. The second-order valence-electron chi connectivity index (χ2n) is 5.19. The van der Waals surface area contributed by atoms with Gasteiger partial charge in [-0.05, 0) is 28.8 Å². The van der Waals surface area contributed by atoms with Crippen molar-refractivity contribution in [1.29, 1.82) is 0 Å². The Morgan fingerprint density at radius 1 is 0.857 bits per heavy atom. The van der Waals surface area contributed by atoms with Gasteiger partial charge in [0.15, 0.2) is 0 Å². The van der Waals surface area contributed by atoms with Crippen LogP contribution in [0, 0.1) is 6.92 Å². The molecule has 2 heteroatoms. The zero-order chi connectivity index (χ0) is 14.7. The van der Waals surface area contributed by atoms with Gasteiger partial charge in [0, 0.05) is 12.1 Å². The van der Waals surface area contributed by atoms with Gasteiger partial charge in [-0.2, -0.15) is 0 Å². The molecule has 0 aliphatic carbocycles. The Morgan fingerprint density at radius 3 is 2.43 bits per heavy atom. The van der Waals surface area contributed by atoms with Crippen molar-refractivity contribution >= 4 is 10.8 Å². The van der Waals surface area contributed by atoms with Gasteiger partial charge in [-0.1, -0.05) is 60.7 Å². The number of rotatable bonds is 4. The van der Waals surface area contributed by atoms with Gasteiger partial charge < -0.3 is 10.5 Å². The normalized spacial score (nSPS) is 10.8. The van der Waals surface area contributed by atoms with Gasteiger partial charge in [0.2, 0.25) is 0 Å². The average molecular weight is 277 g/mol. The highest BCUT2D eigenvalue weighted by Gasteiger charge is 2.07. The van der Waals surface area contributed by atoms with Gasteiger partial charge >= 0.3 is 0 Å². The Kier molecular flexibility index (Phi) is 3.89. The monoisotopic (exact) mass is 277 g/mol. The summed E-state index contributed by atoms with van der Waals surface area (Å²) in [5.74, 6) is 0.910. The molecule has 2 nitrogen and oxygen atoms in total. The average Bonchev–Trinajstić information content (AvgIpc) is 2.53. The highest BCUT2D eigenvalue weighted by Crippen LogP contribution is 2.26. The summed E-state index contributed by atoms with van der Waals surface area (Å²) in [6, 6.07) is 20.8. The van der Waals surface area contributed by atoms with Crippen molar-refractivity contribution in [3.8, 4) is 5.75 Å². The van der Waals surface area contributed by atoms with Crippen LogP contribution in [0.5, 0.6) is 5.75 Å². The molecule has 2 N–H and O–H groups in total. The summed E-state index contributed by atoms with van der Waals surface area (Å²) >= 11 is 0. The lowest BCUT2D eigenvalue weighted by Crippen LogP contribution is -2.04. The van der Waals surface area contributed by atoms with Gasteiger partial charge in [-0.25, -0.2) is 0 Å². The smallest absolute Gasteiger partial charge is 0.127 e. The number of hydrogen-bond donors (Lipinski definition) is 1. The minimum absolute atomic E-state index is 0.493. The van der Waals surface area contributed by atoms with Crippen molar-refractivity contribution in [2.24, 2.45) is 5.73 Å². The van der Waals surface area contributed by atoms with E-state index >= 15 is 0 Å². The molecule has 0 spiro atoms. The van der Waals surface area contributed by atoms with E-state index in [4.69, 9.17) is 10.5 Å². The van der Waals surface area contributed by atoms with E-state index in [0.717, 1.165) is 16.9 Å². The summed E-state index contributed by atoms with van der Waals surface area (Å²) in [7, 11) is 0. The molecule has 0 saturated carbocycles. The Bertz CT molecular complexity index is 759. The lowest BCUT2D eigenvalue weighted by atomic mass is 10.1. The molecule has 0 aliphatic rings. The molecular weight excluding hydrogens is 258 g/mol. The van der Waals surface area contributed by atoms with Crippen molar-refractivity contribution in [2.75, 3.05) is 0 Å². The molecule has 0 radical (unpaired) electrons. The Hall–Kier alpha value is -2.32. The van der Waals surface area contributed by atoms with Gasteiger partial charge in [-0.3, -0.25) is 0 Å². The molecule has 3 aromatic rings. The summed E-state index contributed by atoms with van der Waals surface area (Å²) < 4.78 is 6.07. The highest BCUT2D eigenvalue weighted by atomic mass is 16.5. The largest absolute Gasteiger partial charge is 0.488 e.